The van der Waals surface area contributed by atoms with Gasteiger partial charge >= 0.3 is 0 Å². The zero-order valence-electron chi connectivity index (χ0n) is 10.7. The van der Waals surface area contributed by atoms with Gasteiger partial charge in [-0.3, -0.25) is 10.2 Å². The van der Waals surface area contributed by atoms with Gasteiger partial charge in [-0.05, 0) is 24.6 Å². The van der Waals surface area contributed by atoms with Gasteiger partial charge in [0.1, 0.15) is 5.82 Å². The number of sulfonamides is 1. The van der Waals surface area contributed by atoms with E-state index in [4.69, 9.17) is 0 Å². The highest BCUT2D eigenvalue weighted by Gasteiger charge is 2.33. The summed E-state index contributed by atoms with van der Waals surface area (Å²) in [5, 5.41) is 0. The van der Waals surface area contributed by atoms with Crippen LogP contribution in [0.25, 0.3) is 0 Å². The van der Waals surface area contributed by atoms with E-state index in [9.17, 15) is 26.0 Å². The largest absolute Gasteiger partial charge is 0.277 e. The van der Waals surface area contributed by atoms with Crippen LogP contribution in [0.5, 0.6) is 0 Å². The number of hydrogen-bond donors (Lipinski definition) is 2. The average Bonchev–Trinajstić information content (AvgIpc) is 2.76. The van der Waals surface area contributed by atoms with Crippen molar-refractivity contribution in [1.29, 1.82) is 0 Å². The number of benzene rings is 1. The Bertz CT molecular complexity index is 761. The van der Waals surface area contributed by atoms with Crippen molar-refractivity contribution in [3.8, 4) is 0 Å². The Kier molecular flexibility index (Phi) is 4.30. The van der Waals surface area contributed by atoms with Crippen LogP contribution in [-0.2, 0) is 24.7 Å². The van der Waals surface area contributed by atoms with Gasteiger partial charge in [0.05, 0.1) is 22.3 Å². The van der Waals surface area contributed by atoms with E-state index < -0.39 is 37.5 Å². The van der Waals surface area contributed by atoms with E-state index in [1.165, 1.54) is 6.07 Å². The molecule has 1 aliphatic heterocycles. The number of nitrogens with one attached hydrogen (secondary N) is 2. The molecule has 0 saturated carbocycles. The summed E-state index contributed by atoms with van der Waals surface area (Å²) in [6.45, 7) is 0. The van der Waals surface area contributed by atoms with Crippen LogP contribution in [0.4, 0.5) is 4.39 Å². The van der Waals surface area contributed by atoms with Gasteiger partial charge in [0, 0.05) is 0 Å². The Morgan fingerprint density at radius 1 is 1.33 bits per heavy atom. The van der Waals surface area contributed by atoms with Gasteiger partial charge in [-0.2, -0.15) is 0 Å². The average molecular weight is 336 g/mol. The monoisotopic (exact) mass is 336 g/mol. The van der Waals surface area contributed by atoms with Gasteiger partial charge in [0.2, 0.25) is 5.91 Å². The molecular weight excluding hydrogens is 323 g/mol. The quantitative estimate of drug-likeness (QED) is 0.725. The van der Waals surface area contributed by atoms with Crippen molar-refractivity contribution < 1.29 is 26.0 Å². The number of rotatable bonds is 4. The molecule has 0 radical (unpaired) electrons. The fourth-order valence-corrected chi connectivity index (χ4v) is 4.53. The maximum absolute atomic E-state index is 13.0. The molecule has 10 heteroatoms. The van der Waals surface area contributed by atoms with Crippen LogP contribution in [0.1, 0.15) is 6.42 Å². The molecule has 1 aromatic carbocycles. The molecule has 1 amide bonds. The van der Waals surface area contributed by atoms with E-state index in [0.29, 0.717) is 0 Å². The molecule has 0 aliphatic carbocycles. The highest BCUT2D eigenvalue weighted by Crippen LogP contribution is 2.18. The molecule has 0 spiro atoms. The molecule has 1 aliphatic rings. The standard InChI is InChI=1S/C11H13FN2O5S2/c12-9-2-1-3-10(6-9)21(18,19)14-13-11(15)8-4-5-20(16,17)7-8/h1-3,6,8,14H,4-5,7H2,(H,13,15)/t8-/m0/s1. The molecule has 1 heterocycles. The Morgan fingerprint density at radius 3 is 2.62 bits per heavy atom. The smallest absolute Gasteiger partial charge is 0.257 e. The first-order valence-electron chi connectivity index (χ1n) is 5.97. The van der Waals surface area contributed by atoms with Crippen LogP contribution >= 0.6 is 0 Å². The van der Waals surface area contributed by atoms with Crippen LogP contribution in [0.3, 0.4) is 0 Å². The molecule has 1 saturated heterocycles. The van der Waals surface area contributed by atoms with Crippen molar-refractivity contribution in [2.45, 2.75) is 11.3 Å². The number of amides is 1. The summed E-state index contributed by atoms with van der Waals surface area (Å²) in [4.78, 5) is 13.2. The summed E-state index contributed by atoms with van der Waals surface area (Å²) < 4.78 is 59.1. The maximum atomic E-state index is 13.0. The Balaban J connectivity index is 2.01. The molecule has 0 unspecified atom stereocenters. The number of carbonyl (C=O) groups excluding carboxylic acids is 1. The molecule has 1 atom stereocenters. The van der Waals surface area contributed by atoms with Crippen LogP contribution in [-0.4, -0.2) is 34.2 Å². The third kappa shape index (κ3) is 3.99. The minimum absolute atomic E-state index is 0.0955. The predicted octanol–water partition coefficient (Wildman–Crippen LogP) is -0.430. The molecular formula is C11H13FN2O5S2. The zero-order valence-corrected chi connectivity index (χ0v) is 12.4. The topological polar surface area (TPSA) is 109 Å². The lowest BCUT2D eigenvalue weighted by Crippen LogP contribution is -2.44. The number of halogens is 1. The van der Waals surface area contributed by atoms with E-state index >= 15 is 0 Å². The third-order valence-electron chi connectivity index (χ3n) is 3.02. The first-order valence-corrected chi connectivity index (χ1v) is 9.28. The normalized spacial score (nSPS) is 21.1. The first kappa shape index (κ1) is 15.9. The van der Waals surface area contributed by atoms with Gasteiger partial charge in [0.25, 0.3) is 10.0 Å². The second-order valence-electron chi connectivity index (χ2n) is 4.65. The van der Waals surface area contributed by atoms with E-state index in [2.05, 4.69) is 0 Å². The van der Waals surface area contributed by atoms with Crippen molar-refractivity contribution in [2.24, 2.45) is 5.92 Å². The van der Waals surface area contributed by atoms with Crippen LogP contribution < -0.4 is 10.3 Å². The molecule has 1 fully saturated rings. The van der Waals surface area contributed by atoms with Crippen LogP contribution in [0.15, 0.2) is 29.2 Å². The molecule has 2 N–H and O–H groups in total. The van der Waals surface area contributed by atoms with E-state index in [1.807, 2.05) is 10.3 Å². The predicted molar refractivity (Wildman–Crippen MR) is 71.6 cm³/mol. The minimum Gasteiger partial charge on any atom is -0.277 e. The van der Waals surface area contributed by atoms with E-state index in [-0.39, 0.29) is 22.8 Å². The second-order valence-corrected chi connectivity index (χ2v) is 8.56. The highest BCUT2D eigenvalue weighted by molar-refractivity contribution is 7.91. The molecule has 0 bridgehead atoms. The lowest BCUT2D eigenvalue weighted by Gasteiger charge is -2.11. The van der Waals surface area contributed by atoms with Gasteiger partial charge in [-0.15, -0.1) is 4.83 Å². The number of hydrogen-bond acceptors (Lipinski definition) is 5. The lowest BCUT2D eigenvalue weighted by molar-refractivity contribution is -0.124. The molecule has 21 heavy (non-hydrogen) atoms. The minimum atomic E-state index is -4.11. The van der Waals surface area contributed by atoms with Crippen molar-refractivity contribution in [3.05, 3.63) is 30.1 Å². The van der Waals surface area contributed by atoms with Crippen molar-refractivity contribution in [2.75, 3.05) is 11.5 Å². The molecule has 7 nitrogen and oxygen atoms in total. The molecule has 0 aromatic heterocycles. The first-order chi connectivity index (χ1) is 9.70. The van der Waals surface area contributed by atoms with Crippen molar-refractivity contribution >= 4 is 25.8 Å². The van der Waals surface area contributed by atoms with Crippen LogP contribution in [0.2, 0.25) is 0 Å². The maximum Gasteiger partial charge on any atom is 0.257 e. The van der Waals surface area contributed by atoms with Gasteiger partial charge in [-0.25, -0.2) is 21.2 Å². The number of sulfone groups is 1. The van der Waals surface area contributed by atoms with Gasteiger partial charge < -0.3 is 0 Å². The molecule has 116 valence electrons. The summed E-state index contributed by atoms with van der Waals surface area (Å²) in [6, 6.07) is 4.27. The zero-order chi connectivity index (χ0) is 15.7. The van der Waals surface area contributed by atoms with Crippen molar-refractivity contribution in [1.82, 2.24) is 10.3 Å². The van der Waals surface area contributed by atoms with Gasteiger partial charge in [-0.1, -0.05) is 6.07 Å². The fraction of sp³-hybridized carbons (Fsp3) is 0.364. The summed E-state index contributed by atoms with van der Waals surface area (Å²) in [6.07, 6.45) is 0.149. The number of hydrazine groups is 1. The fourth-order valence-electron chi connectivity index (χ4n) is 1.91. The highest BCUT2D eigenvalue weighted by atomic mass is 32.2. The van der Waals surface area contributed by atoms with E-state index in [1.54, 1.807) is 0 Å². The second kappa shape index (κ2) is 5.70. The Labute approximate surface area is 121 Å². The molecule has 2 rings (SSSR count). The third-order valence-corrected chi connectivity index (χ3v) is 6.03. The summed E-state index contributed by atoms with van der Waals surface area (Å²) >= 11 is 0. The lowest BCUT2D eigenvalue weighted by atomic mass is 10.1. The summed E-state index contributed by atoms with van der Waals surface area (Å²) in [7, 11) is -7.35. The van der Waals surface area contributed by atoms with Crippen LogP contribution in [0, 0.1) is 11.7 Å². The van der Waals surface area contributed by atoms with Gasteiger partial charge in [0.15, 0.2) is 9.84 Å². The van der Waals surface area contributed by atoms with Crippen molar-refractivity contribution in [3.63, 3.8) is 0 Å². The Morgan fingerprint density at radius 2 is 2.05 bits per heavy atom. The summed E-state index contributed by atoms with van der Waals surface area (Å²) in [5.74, 6) is -2.64. The molecule has 1 aromatic rings. The van der Waals surface area contributed by atoms with E-state index in [0.717, 1.165) is 18.2 Å². The number of carbonyl (C=O) groups is 1. The Hall–Kier alpha value is -1.52. The summed E-state index contributed by atoms with van der Waals surface area (Å²) in [5.41, 5.74) is 1.96. The SMILES string of the molecule is O=C(NNS(=O)(=O)c1cccc(F)c1)[C@H]1CCS(=O)(=O)C1.